The van der Waals surface area contributed by atoms with Gasteiger partial charge in [-0.1, -0.05) is 27.7 Å². The first kappa shape index (κ1) is 15.1. The molecule has 0 saturated carbocycles. The van der Waals surface area contributed by atoms with Crippen molar-refractivity contribution in [3.05, 3.63) is 0 Å². The molecule has 0 heterocycles. The van der Waals surface area contributed by atoms with Crippen LogP contribution in [0.25, 0.3) is 0 Å². The Morgan fingerprint density at radius 2 is 1.62 bits per heavy atom. The molecule has 0 aliphatic heterocycles. The highest BCUT2D eigenvalue weighted by Gasteiger charge is 2.43. The second kappa shape index (κ2) is 6.66. The van der Waals surface area contributed by atoms with E-state index in [2.05, 4.69) is 0 Å². The molecule has 0 aromatic carbocycles. The predicted octanol–water partition coefficient (Wildman–Crippen LogP) is 2.97. The first-order chi connectivity index (χ1) is 7.44. The van der Waals surface area contributed by atoms with Gasteiger partial charge in [0.15, 0.2) is 0 Å². The fourth-order valence-electron chi connectivity index (χ4n) is 1.88. The highest BCUT2D eigenvalue weighted by atomic mass is 16.5. The summed E-state index contributed by atoms with van der Waals surface area (Å²) in [6.45, 7) is 9.81. The third-order valence-electron chi connectivity index (χ3n) is 3.00. The fraction of sp³-hybridized carbons (Fsp3) is 0.846. The van der Waals surface area contributed by atoms with Crippen molar-refractivity contribution in [1.29, 1.82) is 0 Å². The molecule has 0 aromatic rings. The van der Waals surface area contributed by atoms with E-state index in [4.69, 9.17) is 4.74 Å². The zero-order chi connectivity index (χ0) is 12.8. The smallest absolute Gasteiger partial charge is 0.319 e. The third-order valence-corrected chi connectivity index (χ3v) is 3.00. The maximum atomic E-state index is 12.2. The van der Waals surface area contributed by atoms with Gasteiger partial charge < -0.3 is 4.74 Å². The molecule has 0 N–H and O–H groups in total. The number of ketones is 1. The van der Waals surface area contributed by atoms with E-state index in [1.165, 1.54) is 0 Å². The predicted molar refractivity (Wildman–Crippen MR) is 64.1 cm³/mol. The van der Waals surface area contributed by atoms with Gasteiger partial charge in [0, 0.05) is 6.42 Å². The van der Waals surface area contributed by atoms with Crippen LogP contribution in [0.5, 0.6) is 0 Å². The molecule has 0 atom stereocenters. The SMILES string of the molecule is CCOC(=O)C(CC)(CC)C(=O)CC(C)C. The van der Waals surface area contributed by atoms with Crippen molar-refractivity contribution in [2.45, 2.75) is 53.9 Å². The Morgan fingerprint density at radius 1 is 1.12 bits per heavy atom. The van der Waals surface area contributed by atoms with E-state index >= 15 is 0 Å². The Hall–Kier alpha value is -0.860. The van der Waals surface area contributed by atoms with E-state index in [1.54, 1.807) is 6.92 Å². The lowest BCUT2D eigenvalue weighted by Crippen LogP contribution is -2.40. The molecule has 0 radical (unpaired) electrons. The second-order valence-electron chi connectivity index (χ2n) is 4.53. The normalized spacial score (nSPS) is 11.6. The molecule has 0 aliphatic rings. The number of ether oxygens (including phenoxy) is 1. The Morgan fingerprint density at radius 3 is 1.94 bits per heavy atom. The average Bonchev–Trinajstić information content (AvgIpc) is 2.19. The summed E-state index contributed by atoms with van der Waals surface area (Å²) in [7, 11) is 0. The van der Waals surface area contributed by atoms with Gasteiger partial charge in [0.1, 0.15) is 11.2 Å². The van der Waals surface area contributed by atoms with Crippen LogP contribution in [0.1, 0.15) is 53.9 Å². The van der Waals surface area contributed by atoms with Crippen LogP contribution in [0.4, 0.5) is 0 Å². The summed E-state index contributed by atoms with van der Waals surface area (Å²) in [5.41, 5.74) is -0.916. The number of carbonyl (C=O) groups excluding carboxylic acids is 2. The Kier molecular flexibility index (Phi) is 6.31. The Labute approximate surface area is 98.6 Å². The summed E-state index contributed by atoms with van der Waals surface area (Å²) < 4.78 is 5.03. The van der Waals surface area contributed by atoms with Crippen LogP contribution in [-0.4, -0.2) is 18.4 Å². The largest absolute Gasteiger partial charge is 0.465 e. The van der Waals surface area contributed by atoms with Gasteiger partial charge in [0.2, 0.25) is 0 Å². The number of Topliss-reactive ketones (excluding diaryl/α,β-unsaturated/α-hetero) is 1. The van der Waals surface area contributed by atoms with Crippen molar-refractivity contribution < 1.29 is 14.3 Å². The minimum absolute atomic E-state index is 0.0194. The topological polar surface area (TPSA) is 43.4 Å². The first-order valence-electron chi connectivity index (χ1n) is 6.15. The van der Waals surface area contributed by atoms with Gasteiger partial charge in [-0.05, 0) is 25.7 Å². The Bertz CT molecular complexity index is 240. The summed E-state index contributed by atoms with van der Waals surface area (Å²) in [5.74, 6) is -0.0593. The molecule has 0 bridgehead atoms. The van der Waals surface area contributed by atoms with Crippen LogP contribution in [0, 0.1) is 11.3 Å². The minimum atomic E-state index is -0.916. The molecule has 0 saturated heterocycles. The zero-order valence-corrected chi connectivity index (χ0v) is 11.1. The van der Waals surface area contributed by atoms with Gasteiger partial charge in [-0.2, -0.15) is 0 Å². The molecule has 16 heavy (non-hydrogen) atoms. The van der Waals surface area contributed by atoms with E-state index in [0.717, 1.165) is 0 Å². The number of hydrogen-bond donors (Lipinski definition) is 0. The third kappa shape index (κ3) is 3.32. The van der Waals surface area contributed by atoms with Crippen molar-refractivity contribution in [2.75, 3.05) is 6.61 Å². The van der Waals surface area contributed by atoms with Crippen LogP contribution in [0.2, 0.25) is 0 Å². The molecule has 0 fully saturated rings. The molecule has 0 unspecified atom stereocenters. The van der Waals surface area contributed by atoms with Crippen LogP contribution in [0.3, 0.4) is 0 Å². The number of carbonyl (C=O) groups is 2. The summed E-state index contributed by atoms with van der Waals surface area (Å²) in [5, 5.41) is 0. The van der Waals surface area contributed by atoms with Gasteiger partial charge in [-0.15, -0.1) is 0 Å². The lowest BCUT2D eigenvalue weighted by atomic mass is 9.75. The van der Waals surface area contributed by atoms with Crippen molar-refractivity contribution in [3.63, 3.8) is 0 Å². The molecular weight excluding hydrogens is 204 g/mol. The van der Waals surface area contributed by atoms with Gasteiger partial charge in [0.05, 0.1) is 6.61 Å². The maximum Gasteiger partial charge on any atom is 0.319 e. The van der Waals surface area contributed by atoms with E-state index < -0.39 is 5.41 Å². The van der Waals surface area contributed by atoms with Crippen LogP contribution in [0.15, 0.2) is 0 Å². The van der Waals surface area contributed by atoms with Crippen LogP contribution < -0.4 is 0 Å². The Balaban J connectivity index is 4.93. The van der Waals surface area contributed by atoms with E-state index in [9.17, 15) is 9.59 Å². The molecule has 0 spiro atoms. The number of hydrogen-bond acceptors (Lipinski definition) is 3. The molecule has 3 nitrogen and oxygen atoms in total. The van der Waals surface area contributed by atoms with Crippen LogP contribution in [-0.2, 0) is 14.3 Å². The highest BCUT2D eigenvalue weighted by molar-refractivity contribution is 6.03. The summed E-state index contributed by atoms with van der Waals surface area (Å²) in [6, 6.07) is 0. The van der Waals surface area contributed by atoms with Gasteiger partial charge in [-0.25, -0.2) is 0 Å². The summed E-state index contributed by atoms with van der Waals surface area (Å²) >= 11 is 0. The van der Waals surface area contributed by atoms with E-state index in [1.807, 2.05) is 27.7 Å². The van der Waals surface area contributed by atoms with Crippen LogP contribution >= 0.6 is 0 Å². The monoisotopic (exact) mass is 228 g/mol. The van der Waals surface area contributed by atoms with Crippen molar-refractivity contribution >= 4 is 11.8 Å². The lowest BCUT2D eigenvalue weighted by molar-refractivity contribution is -0.161. The molecule has 0 aliphatic carbocycles. The highest BCUT2D eigenvalue weighted by Crippen LogP contribution is 2.32. The number of rotatable bonds is 7. The quantitative estimate of drug-likeness (QED) is 0.497. The molecule has 0 rings (SSSR count). The zero-order valence-electron chi connectivity index (χ0n) is 11.1. The van der Waals surface area contributed by atoms with Gasteiger partial charge in [0.25, 0.3) is 0 Å². The van der Waals surface area contributed by atoms with Crippen molar-refractivity contribution in [1.82, 2.24) is 0 Å². The fourth-order valence-corrected chi connectivity index (χ4v) is 1.88. The van der Waals surface area contributed by atoms with Gasteiger partial charge in [-0.3, -0.25) is 9.59 Å². The molecule has 3 heteroatoms. The molecular formula is C13H24O3. The minimum Gasteiger partial charge on any atom is -0.465 e. The van der Waals surface area contributed by atoms with Crippen molar-refractivity contribution in [3.8, 4) is 0 Å². The summed E-state index contributed by atoms with van der Waals surface area (Å²) in [4.78, 5) is 24.1. The van der Waals surface area contributed by atoms with Gasteiger partial charge >= 0.3 is 5.97 Å². The van der Waals surface area contributed by atoms with Crippen molar-refractivity contribution in [2.24, 2.45) is 11.3 Å². The molecule has 0 amide bonds. The standard InChI is InChI=1S/C13H24O3/c1-6-13(7-2,12(15)16-8-3)11(14)9-10(4)5/h10H,6-9H2,1-5H3. The maximum absolute atomic E-state index is 12.2. The molecule has 94 valence electrons. The average molecular weight is 228 g/mol. The van der Waals surface area contributed by atoms with E-state index in [0.29, 0.717) is 25.9 Å². The summed E-state index contributed by atoms with van der Waals surface area (Å²) in [6.07, 6.45) is 1.49. The lowest BCUT2D eigenvalue weighted by Gasteiger charge is -2.28. The molecule has 0 aromatic heterocycles. The first-order valence-corrected chi connectivity index (χ1v) is 6.15. The second-order valence-corrected chi connectivity index (χ2v) is 4.53. The van der Waals surface area contributed by atoms with E-state index in [-0.39, 0.29) is 17.7 Å². The number of esters is 1.